The third-order valence-electron chi connectivity index (χ3n) is 4.73. The van der Waals surface area contributed by atoms with E-state index in [1.165, 1.54) is 32.1 Å². The zero-order chi connectivity index (χ0) is 8.89. The van der Waals surface area contributed by atoms with Crippen molar-refractivity contribution in [3.05, 3.63) is 0 Å². The van der Waals surface area contributed by atoms with Gasteiger partial charge in [0.05, 0.1) is 6.10 Å². The summed E-state index contributed by atoms with van der Waals surface area (Å²) in [5, 5.41) is 0. The van der Waals surface area contributed by atoms with Crippen LogP contribution in [0.1, 0.15) is 32.1 Å². The summed E-state index contributed by atoms with van der Waals surface area (Å²) in [6.45, 7) is 1.89. The molecule has 3 rings (SSSR count). The van der Waals surface area contributed by atoms with E-state index in [1.54, 1.807) is 0 Å². The first-order chi connectivity index (χ1) is 6.38. The molecule has 3 atom stereocenters. The Labute approximate surface area is 79.8 Å². The van der Waals surface area contributed by atoms with E-state index in [9.17, 15) is 0 Å². The first-order valence-corrected chi connectivity index (χ1v) is 5.70. The van der Waals surface area contributed by atoms with Crippen molar-refractivity contribution in [2.45, 2.75) is 38.2 Å². The second-order valence-electron chi connectivity index (χ2n) is 5.03. The number of fused-ring (bicyclic) bond motifs is 2. The van der Waals surface area contributed by atoms with Crippen molar-refractivity contribution in [3.8, 4) is 0 Å². The fourth-order valence-corrected chi connectivity index (χ4v) is 3.98. The molecule has 0 aromatic heterocycles. The second-order valence-corrected chi connectivity index (χ2v) is 5.03. The molecule has 1 aliphatic heterocycles. The SMILES string of the molecule is NC[C@@H]1[C@H]2CCCO[C@H]2C12CCC2. The summed E-state index contributed by atoms with van der Waals surface area (Å²) in [6, 6.07) is 0. The second kappa shape index (κ2) is 2.71. The van der Waals surface area contributed by atoms with Crippen LogP contribution < -0.4 is 5.73 Å². The summed E-state index contributed by atoms with van der Waals surface area (Å²) in [5.74, 6) is 1.62. The molecule has 0 unspecified atom stereocenters. The van der Waals surface area contributed by atoms with E-state index in [4.69, 9.17) is 10.5 Å². The largest absolute Gasteiger partial charge is 0.377 e. The Morgan fingerprint density at radius 1 is 1.31 bits per heavy atom. The van der Waals surface area contributed by atoms with Gasteiger partial charge in [-0.3, -0.25) is 0 Å². The smallest absolute Gasteiger partial charge is 0.0666 e. The van der Waals surface area contributed by atoms with Crippen LogP contribution in [0.5, 0.6) is 0 Å². The van der Waals surface area contributed by atoms with Gasteiger partial charge in [0.1, 0.15) is 0 Å². The van der Waals surface area contributed by atoms with Gasteiger partial charge in [-0.15, -0.1) is 0 Å². The van der Waals surface area contributed by atoms with E-state index in [-0.39, 0.29) is 0 Å². The van der Waals surface area contributed by atoms with E-state index in [1.807, 2.05) is 0 Å². The topological polar surface area (TPSA) is 35.2 Å². The van der Waals surface area contributed by atoms with Crippen molar-refractivity contribution in [1.29, 1.82) is 0 Å². The molecule has 0 aromatic carbocycles. The van der Waals surface area contributed by atoms with Gasteiger partial charge in [-0.25, -0.2) is 0 Å². The number of nitrogens with two attached hydrogens (primary N) is 1. The van der Waals surface area contributed by atoms with Crippen molar-refractivity contribution in [1.82, 2.24) is 0 Å². The van der Waals surface area contributed by atoms with Gasteiger partial charge >= 0.3 is 0 Å². The van der Waals surface area contributed by atoms with Crippen molar-refractivity contribution in [3.63, 3.8) is 0 Å². The Morgan fingerprint density at radius 2 is 2.15 bits per heavy atom. The Morgan fingerprint density at radius 3 is 2.77 bits per heavy atom. The van der Waals surface area contributed by atoms with Crippen molar-refractivity contribution < 1.29 is 4.74 Å². The highest BCUT2D eigenvalue weighted by atomic mass is 16.5. The van der Waals surface area contributed by atoms with Crippen LogP contribution in [0.15, 0.2) is 0 Å². The van der Waals surface area contributed by atoms with Gasteiger partial charge in [-0.05, 0) is 44.1 Å². The van der Waals surface area contributed by atoms with Gasteiger partial charge in [-0.2, -0.15) is 0 Å². The molecule has 74 valence electrons. The average Bonchev–Trinajstić information content (AvgIpc) is 2.05. The maximum atomic E-state index is 5.91. The molecule has 3 fully saturated rings. The molecule has 1 heterocycles. The van der Waals surface area contributed by atoms with E-state index in [0.717, 1.165) is 25.0 Å². The molecule has 2 N–H and O–H groups in total. The Balaban J connectivity index is 1.80. The van der Waals surface area contributed by atoms with Gasteiger partial charge in [0.15, 0.2) is 0 Å². The first kappa shape index (κ1) is 8.25. The molecule has 2 saturated carbocycles. The quantitative estimate of drug-likeness (QED) is 0.666. The number of rotatable bonds is 1. The van der Waals surface area contributed by atoms with Gasteiger partial charge in [0.2, 0.25) is 0 Å². The minimum absolute atomic E-state index is 0.555. The maximum absolute atomic E-state index is 5.91. The summed E-state index contributed by atoms with van der Waals surface area (Å²) in [5.41, 5.74) is 6.43. The van der Waals surface area contributed by atoms with Gasteiger partial charge in [0, 0.05) is 12.0 Å². The van der Waals surface area contributed by atoms with E-state index in [2.05, 4.69) is 0 Å². The van der Waals surface area contributed by atoms with Crippen LogP contribution in [0, 0.1) is 17.3 Å². The molecular formula is C11H19NO. The maximum Gasteiger partial charge on any atom is 0.0666 e. The highest BCUT2D eigenvalue weighted by Gasteiger charge is 2.64. The van der Waals surface area contributed by atoms with E-state index in [0.29, 0.717) is 11.5 Å². The molecule has 1 spiro atoms. The average molecular weight is 181 g/mol. The number of hydrogen-bond acceptors (Lipinski definition) is 2. The monoisotopic (exact) mass is 181 g/mol. The molecule has 13 heavy (non-hydrogen) atoms. The highest BCUT2D eigenvalue weighted by Crippen LogP contribution is 2.65. The predicted molar refractivity (Wildman–Crippen MR) is 51.3 cm³/mol. The van der Waals surface area contributed by atoms with Crippen LogP contribution in [0.2, 0.25) is 0 Å². The summed E-state index contributed by atoms with van der Waals surface area (Å²) < 4.78 is 5.91. The number of hydrogen-bond donors (Lipinski definition) is 1. The Hall–Kier alpha value is -0.0800. The minimum atomic E-state index is 0.555. The third-order valence-corrected chi connectivity index (χ3v) is 4.73. The molecule has 1 saturated heterocycles. The molecule has 0 aromatic rings. The summed E-state index contributed by atoms with van der Waals surface area (Å²) in [6.07, 6.45) is 7.40. The molecule has 0 radical (unpaired) electrons. The molecule has 2 nitrogen and oxygen atoms in total. The molecular weight excluding hydrogens is 162 g/mol. The third kappa shape index (κ3) is 0.861. The van der Waals surface area contributed by atoms with Crippen LogP contribution in [0.25, 0.3) is 0 Å². The normalized spacial score (nSPS) is 46.4. The highest BCUT2D eigenvalue weighted by molar-refractivity contribution is 5.13. The fraction of sp³-hybridized carbons (Fsp3) is 1.00. The molecule has 2 aliphatic carbocycles. The molecule has 0 amide bonds. The minimum Gasteiger partial charge on any atom is -0.377 e. The van der Waals surface area contributed by atoms with Crippen molar-refractivity contribution in [2.24, 2.45) is 23.0 Å². The van der Waals surface area contributed by atoms with Crippen LogP contribution in [0.4, 0.5) is 0 Å². The lowest BCUT2D eigenvalue weighted by molar-refractivity contribution is -0.257. The zero-order valence-corrected chi connectivity index (χ0v) is 8.17. The lowest BCUT2D eigenvalue weighted by atomic mass is 9.42. The zero-order valence-electron chi connectivity index (χ0n) is 8.17. The summed E-state index contributed by atoms with van der Waals surface area (Å²) >= 11 is 0. The van der Waals surface area contributed by atoms with Crippen molar-refractivity contribution >= 4 is 0 Å². The van der Waals surface area contributed by atoms with Crippen molar-refractivity contribution in [2.75, 3.05) is 13.2 Å². The summed E-state index contributed by atoms with van der Waals surface area (Å²) in [7, 11) is 0. The Kier molecular flexibility index (Phi) is 1.72. The van der Waals surface area contributed by atoms with Crippen LogP contribution in [-0.2, 0) is 4.74 Å². The predicted octanol–water partition coefficient (Wildman–Crippen LogP) is 1.54. The van der Waals surface area contributed by atoms with Crippen LogP contribution in [-0.4, -0.2) is 19.3 Å². The van der Waals surface area contributed by atoms with E-state index < -0.39 is 0 Å². The first-order valence-electron chi connectivity index (χ1n) is 5.70. The van der Waals surface area contributed by atoms with Crippen LogP contribution >= 0.6 is 0 Å². The lowest BCUT2D eigenvalue weighted by Gasteiger charge is -2.67. The molecule has 3 aliphatic rings. The number of ether oxygens (including phenoxy) is 1. The van der Waals surface area contributed by atoms with Gasteiger partial charge in [0.25, 0.3) is 0 Å². The Bertz CT molecular complexity index is 204. The van der Waals surface area contributed by atoms with E-state index >= 15 is 0 Å². The summed E-state index contributed by atoms with van der Waals surface area (Å²) in [4.78, 5) is 0. The van der Waals surface area contributed by atoms with Crippen LogP contribution in [0.3, 0.4) is 0 Å². The lowest BCUT2D eigenvalue weighted by Crippen LogP contribution is -2.68. The molecule has 2 heteroatoms. The van der Waals surface area contributed by atoms with Gasteiger partial charge in [-0.1, -0.05) is 6.42 Å². The standard InChI is InChI=1S/C11H19NO/c12-7-9-8-3-1-6-13-10(8)11(9)4-2-5-11/h8-10H,1-7,12H2/t8-,9-,10-/m1/s1. The molecule has 0 bridgehead atoms. The van der Waals surface area contributed by atoms with Gasteiger partial charge < -0.3 is 10.5 Å². The fourth-order valence-electron chi connectivity index (χ4n) is 3.98.